The molecule has 1 aliphatic heterocycles. The van der Waals surface area contributed by atoms with Gasteiger partial charge in [-0.05, 0) is 38.3 Å². The molecule has 0 bridgehead atoms. The Morgan fingerprint density at radius 2 is 1.79 bits per heavy atom. The van der Waals surface area contributed by atoms with E-state index in [0.29, 0.717) is 38.5 Å². The Hall–Kier alpha value is -1.43. The summed E-state index contributed by atoms with van der Waals surface area (Å²) in [4.78, 5) is 23.6. The molecule has 9 nitrogen and oxygen atoms in total. The van der Waals surface area contributed by atoms with Gasteiger partial charge in [0.2, 0.25) is 11.9 Å². The number of rotatable bonds is 8. The van der Waals surface area contributed by atoms with Crippen molar-refractivity contribution in [2.45, 2.75) is 26.3 Å². The van der Waals surface area contributed by atoms with E-state index in [1.165, 1.54) is 22.7 Å². The van der Waals surface area contributed by atoms with Crippen molar-refractivity contribution in [2.24, 2.45) is 0 Å². The fourth-order valence-electron chi connectivity index (χ4n) is 3.03. The van der Waals surface area contributed by atoms with Gasteiger partial charge in [0.15, 0.2) is 0 Å². The molecule has 0 spiro atoms. The van der Waals surface area contributed by atoms with Gasteiger partial charge in [-0.25, -0.2) is 9.97 Å². The van der Waals surface area contributed by atoms with E-state index in [1.54, 1.807) is 16.7 Å². The molecule has 0 saturated carbocycles. The first-order valence-corrected chi connectivity index (χ1v) is 12.0. The molecule has 1 aliphatic rings. The molecular formula is C17H30N6O3S2. The van der Waals surface area contributed by atoms with Gasteiger partial charge in [-0.15, -0.1) is 0 Å². The van der Waals surface area contributed by atoms with Crippen LogP contribution in [0.5, 0.6) is 0 Å². The highest BCUT2D eigenvalue weighted by molar-refractivity contribution is 7.98. The third-order valence-electron chi connectivity index (χ3n) is 4.53. The average molecular weight is 431 g/mol. The van der Waals surface area contributed by atoms with E-state index in [-0.39, 0.29) is 5.91 Å². The van der Waals surface area contributed by atoms with Crippen molar-refractivity contribution < 1.29 is 13.2 Å². The van der Waals surface area contributed by atoms with E-state index in [0.717, 1.165) is 17.1 Å². The Morgan fingerprint density at radius 3 is 2.29 bits per heavy atom. The molecule has 1 atom stereocenters. The summed E-state index contributed by atoms with van der Waals surface area (Å²) in [5.41, 5.74) is 1.68. The van der Waals surface area contributed by atoms with Crippen molar-refractivity contribution in [1.29, 1.82) is 0 Å². The van der Waals surface area contributed by atoms with Gasteiger partial charge in [0.1, 0.15) is 6.04 Å². The number of piperazine rings is 1. The molecule has 1 fully saturated rings. The number of nitrogens with one attached hydrogen (secondary N) is 1. The maximum atomic E-state index is 13.1. The van der Waals surface area contributed by atoms with Crippen LogP contribution >= 0.6 is 11.8 Å². The molecule has 11 heteroatoms. The maximum absolute atomic E-state index is 13.1. The molecule has 1 saturated heterocycles. The molecule has 0 unspecified atom stereocenters. The predicted molar refractivity (Wildman–Crippen MR) is 113 cm³/mol. The highest BCUT2D eigenvalue weighted by Gasteiger charge is 2.32. The monoisotopic (exact) mass is 430 g/mol. The molecule has 0 aromatic carbocycles. The number of anilines is 1. The molecule has 2 heterocycles. The van der Waals surface area contributed by atoms with Gasteiger partial charge in [-0.1, -0.05) is 0 Å². The maximum Gasteiger partial charge on any atom is 0.281 e. The van der Waals surface area contributed by atoms with Gasteiger partial charge < -0.3 is 10.2 Å². The van der Waals surface area contributed by atoms with E-state index in [1.807, 2.05) is 26.2 Å². The lowest BCUT2D eigenvalue weighted by Crippen LogP contribution is -2.55. The van der Waals surface area contributed by atoms with Gasteiger partial charge in [0, 0.05) is 51.7 Å². The molecular weight excluding hydrogens is 400 g/mol. The summed E-state index contributed by atoms with van der Waals surface area (Å²) >= 11 is 1.67. The quantitative estimate of drug-likeness (QED) is 0.644. The summed E-state index contributed by atoms with van der Waals surface area (Å²) in [5.74, 6) is 1.23. The second kappa shape index (κ2) is 9.86. The second-order valence-corrected chi connectivity index (χ2v) is 10.1. The molecule has 2 rings (SSSR count). The number of hydrogen-bond donors (Lipinski definition) is 1. The average Bonchev–Trinajstić information content (AvgIpc) is 2.63. The van der Waals surface area contributed by atoms with Crippen LogP contribution in [-0.4, -0.2) is 96.1 Å². The summed E-state index contributed by atoms with van der Waals surface area (Å²) in [7, 11) is -0.426. The first kappa shape index (κ1) is 22.9. The Balaban J connectivity index is 2.07. The van der Waals surface area contributed by atoms with Crippen molar-refractivity contribution in [3.05, 3.63) is 17.5 Å². The minimum Gasteiger partial charge on any atom is -0.342 e. The van der Waals surface area contributed by atoms with Crippen LogP contribution in [0, 0.1) is 13.8 Å². The molecule has 158 valence electrons. The highest BCUT2D eigenvalue weighted by atomic mass is 32.2. The van der Waals surface area contributed by atoms with E-state index >= 15 is 0 Å². The van der Waals surface area contributed by atoms with Crippen LogP contribution in [0.4, 0.5) is 5.95 Å². The van der Waals surface area contributed by atoms with Crippen molar-refractivity contribution in [3.63, 3.8) is 0 Å². The lowest BCUT2D eigenvalue weighted by atomic mass is 10.2. The number of thioether (sulfide) groups is 1. The van der Waals surface area contributed by atoms with Gasteiger partial charge in [-0.3, -0.25) is 4.79 Å². The van der Waals surface area contributed by atoms with Crippen LogP contribution in [0.15, 0.2) is 6.07 Å². The van der Waals surface area contributed by atoms with Crippen LogP contribution in [0.1, 0.15) is 17.8 Å². The SMILES string of the molecule is CSCC[C@@H](Nc1nc(C)cc(C)n1)C(=O)N1CCN(S(=O)(=O)N(C)C)CC1. The summed E-state index contributed by atoms with van der Waals surface area (Å²) in [6, 6.07) is 1.44. The van der Waals surface area contributed by atoms with Crippen molar-refractivity contribution in [3.8, 4) is 0 Å². The second-order valence-electron chi connectivity index (χ2n) is 6.97. The minimum atomic E-state index is -3.45. The number of nitrogens with zero attached hydrogens (tertiary/aromatic N) is 5. The zero-order chi connectivity index (χ0) is 20.9. The summed E-state index contributed by atoms with van der Waals surface area (Å²) in [6.07, 6.45) is 2.65. The van der Waals surface area contributed by atoms with E-state index < -0.39 is 16.3 Å². The van der Waals surface area contributed by atoms with Gasteiger partial charge in [0.05, 0.1) is 0 Å². The lowest BCUT2D eigenvalue weighted by molar-refractivity contribution is -0.133. The van der Waals surface area contributed by atoms with Gasteiger partial charge >= 0.3 is 0 Å². The fraction of sp³-hybridized carbons (Fsp3) is 0.706. The van der Waals surface area contributed by atoms with Crippen LogP contribution in [-0.2, 0) is 15.0 Å². The number of amides is 1. The van der Waals surface area contributed by atoms with Crippen LogP contribution in [0.3, 0.4) is 0 Å². The number of carbonyl (C=O) groups excluding carboxylic acids is 1. The summed E-state index contributed by atoms with van der Waals surface area (Å²) in [5, 5.41) is 3.19. The predicted octanol–water partition coefficient (Wildman–Crippen LogP) is 0.578. The standard InChI is InChI=1S/C17H30N6O3S2/c1-13-12-14(2)19-17(18-13)20-15(6-11-27-5)16(24)22-7-9-23(10-8-22)28(25,26)21(3)4/h12,15H,6-11H2,1-5H3,(H,18,19,20)/t15-/m1/s1. The van der Waals surface area contributed by atoms with Crippen LogP contribution in [0.2, 0.25) is 0 Å². The number of aryl methyl sites for hydroxylation is 2. The number of hydrogen-bond acceptors (Lipinski definition) is 7. The highest BCUT2D eigenvalue weighted by Crippen LogP contribution is 2.15. The molecule has 28 heavy (non-hydrogen) atoms. The molecule has 1 aromatic heterocycles. The molecule has 1 amide bonds. The molecule has 0 aliphatic carbocycles. The smallest absolute Gasteiger partial charge is 0.281 e. The van der Waals surface area contributed by atoms with Gasteiger partial charge in [0.25, 0.3) is 10.2 Å². The van der Waals surface area contributed by atoms with E-state index in [2.05, 4.69) is 15.3 Å². The summed E-state index contributed by atoms with van der Waals surface area (Å²) < 4.78 is 27.1. The molecule has 1 N–H and O–H groups in total. The first-order chi connectivity index (χ1) is 13.1. The van der Waals surface area contributed by atoms with Crippen molar-refractivity contribution in [1.82, 2.24) is 23.5 Å². The number of carbonyl (C=O) groups is 1. The Labute approximate surface area is 172 Å². The Morgan fingerprint density at radius 1 is 1.21 bits per heavy atom. The zero-order valence-corrected chi connectivity index (χ0v) is 18.8. The minimum absolute atomic E-state index is 0.0429. The molecule has 1 aromatic rings. The lowest BCUT2D eigenvalue weighted by Gasteiger charge is -2.36. The Bertz CT molecular complexity index is 759. The third kappa shape index (κ3) is 5.79. The normalized spacial score (nSPS) is 17.0. The molecule has 0 radical (unpaired) electrons. The zero-order valence-electron chi connectivity index (χ0n) is 17.2. The Kier molecular flexibility index (Phi) is 8.05. The topological polar surface area (TPSA) is 98.7 Å². The van der Waals surface area contributed by atoms with E-state index in [4.69, 9.17) is 0 Å². The van der Waals surface area contributed by atoms with Crippen molar-refractivity contribution in [2.75, 3.05) is 57.6 Å². The third-order valence-corrected chi connectivity index (χ3v) is 7.12. The van der Waals surface area contributed by atoms with E-state index in [9.17, 15) is 13.2 Å². The first-order valence-electron chi connectivity index (χ1n) is 9.19. The van der Waals surface area contributed by atoms with Crippen molar-refractivity contribution >= 4 is 33.8 Å². The fourth-order valence-corrected chi connectivity index (χ4v) is 4.59. The van der Waals surface area contributed by atoms with Crippen LogP contribution in [0.25, 0.3) is 0 Å². The van der Waals surface area contributed by atoms with Crippen LogP contribution < -0.4 is 5.32 Å². The number of aromatic nitrogens is 2. The van der Waals surface area contributed by atoms with Gasteiger partial charge in [-0.2, -0.15) is 28.8 Å². The summed E-state index contributed by atoms with van der Waals surface area (Å²) in [6.45, 7) is 5.11. The largest absolute Gasteiger partial charge is 0.342 e.